The number of carbonyl (C=O) groups is 1. The number of para-hydroxylation sites is 1. The van der Waals surface area contributed by atoms with Crippen LogP contribution in [-0.4, -0.2) is 39.7 Å². The first-order valence-electron chi connectivity index (χ1n) is 14.2. The van der Waals surface area contributed by atoms with Crippen molar-refractivity contribution in [3.8, 4) is 11.4 Å². The molecule has 4 aliphatic carbocycles. The Hall–Kier alpha value is -3.35. The van der Waals surface area contributed by atoms with E-state index in [0.29, 0.717) is 35.4 Å². The molecule has 0 spiro atoms. The van der Waals surface area contributed by atoms with E-state index in [1.807, 2.05) is 69.4 Å². The first kappa shape index (κ1) is 25.0. The summed E-state index contributed by atoms with van der Waals surface area (Å²) in [4.78, 5) is 34.4. The number of nitrogens with one attached hydrogen (secondary N) is 1. The van der Waals surface area contributed by atoms with E-state index >= 15 is 0 Å². The van der Waals surface area contributed by atoms with Crippen LogP contribution < -0.4 is 15.6 Å². The van der Waals surface area contributed by atoms with Crippen LogP contribution in [-0.2, 0) is 0 Å². The molecule has 4 saturated carbocycles. The number of urea groups is 1. The van der Waals surface area contributed by atoms with Crippen LogP contribution in [0.4, 0.5) is 4.79 Å². The molecule has 3 aromatic rings. The summed E-state index contributed by atoms with van der Waals surface area (Å²) < 4.78 is 7.28. The second kappa shape index (κ2) is 9.75. The number of ether oxygens (including phenoxy) is 1. The maximum atomic E-state index is 13.8. The van der Waals surface area contributed by atoms with Crippen molar-refractivity contribution >= 4 is 16.9 Å². The Morgan fingerprint density at radius 2 is 1.68 bits per heavy atom. The zero-order chi connectivity index (χ0) is 26.4. The van der Waals surface area contributed by atoms with E-state index in [2.05, 4.69) is 5.32 Å². The normalized spacial score (nSPS) is 26.3. The molecule has 7 nitrogen and oxygen atoms in total. The molecule has 7 rings (SSSR count). The van der Waals surface area contributed by atoms with Gasteiger partial charge in [-0.05, 0) is 106 Å². The number of aromatic nitrogens is 2. The number of nitrogens with zero attached hydrogens (tertiary/aromatic N) is 3. The van der Waals surface area contributed by atoms with Gasteiger partial charge in [-0.2, -0.15) is 0 Å². The molecule has 1 heterocycles. The molecule has 2 amide bonds. The van der Waals surface area contributed by atoms with Crippen LogP contribution >= 0.6 is 0 Å². The lowest BCUT2D eigenvalue weighted by Crippen LogP contribution is -2.61. The van der Waals surface area contributed by atoms with Gasteiger partial charge in [0.2, 0.25) is 0 Å². The third-order valence-electron chi connectivity index (χ3n) is 9.09. The van der Waals surface area contributed by atoms with E-state index < -0.39 is 0 Å². The van der Waals surface area contributed by atoms with E-state index in [4.69, 9.17) is 9.72 Å². The van der Waals surface area contributed by atoms with Crippen LogP contribution in [0.25, 0.3) is 16.6 Å². The van der Waals surface area contributed by atoms with Gasteiger partial charge in [0.15, 0.2) is 0 Å². The third kappa shape index (κ3) is 4.36. The van der Waals surface area contributed by atoms with Crippen molar-refractivity contribution in [1.82, 2.24) is 19.8 Å². The number of rotatable bonds is 7. The van der Waals surface area contributed by atoms with Crippen LogP contribution in [0.1, 0.15) is 70.7 Å². The molecule has 2 aromatic carbocycles. The number of hydrogen-bond donors (Lipinski definition) is 1. The van der Waals surface area contributed by atoms with Crippen LogP contribution in [0.2, 0.25) is 0 Å². The van der Waals surface area contributed by atoms with Crippen molar-refractivity contribution < 1.29 is 9.53 Å². The molecule has 38 heavy (non-hydrogen) atoms. The fraction of sp³-hybridized carbons (Fsp3) is 0.516. The van der Waals surface area contributed by atoms with Gasteiger partial charge in [-0.1, -0.05) is 19.1 Å². The Morgan fingerprint density at radius 3 is 2.29 bits per heavy atom. The fourth-order valence-corrected chi connectivity index (χ4v) is 7.83. The lowest BCUT2D eigenvalue weighted by molar-refractivity contribution is -0.0160. The van der Waals surface area contributed by atoms with Gasteiger partial charge in [0, 0.05) is 12.6 Å². The molecule has 4 aliphatic rings. The lowest BCUT2D eigenvalue weighted by atomic mass is 9.53. The molecule has 7 heteroatoms. The number of hydrogen-bond acceptors (Lipinski definition) is 4. The van der Waals surface area contributed by atoms with Crippen molar-refractivity contribution in [2.75, 3.05) is 13.7 Å². The summed E-state index contributed by atoms with van der Waals surface area (Å²) in [5.74, 6) is 3.57. The summed E-state index contributed by atoms with van der Waals surface area (Å²) >= 11 is 0. The van der Waals surface area contributed by atoms with Crippen molar-refractivity contribution in [1.29, 1.82) is 0 Å². The van der Waals surface area contributed by atoms with E-state index in [1.165, 1.54) is 19.3 Å². The van der Waals surface area contributed by atoms with E-state index in [1.54, 1.807) is 9.47 Å². The molecule has 1 atom stereocenters. The van der Waals surface area contributed by atoms with Gasteiger partial charge >= 0.3 is 6.03 Å². The summed E-state index contributed by atoms with van der Waals surface area (Å²) in [6, 6.07) is 14.5. The molecule has 4 fully saturated rings. The van der Waals surface area contributed by atoms with Crippen molar-refractivity contribution in [2.45, 2.75) is 70.4 Å². The largest absolute Gasteiger partial charge is 0.494 e. The molecule has 1 N–H and O–H groups in total. The predicted octanol–water partition coefficient (Wildman–Crippen LogP) is 5.85. The molecule has 200 valence electrons. The van der Waals surface area contributed by atoms with Crippen LogP contribution in [0.5, 0.6) is 5.75 Å². The molecule has 1 aromatic heterocycles. The second-order valence-corrected chi connectivity index (χ2v) is 11.7. The van der Waals surface area contributed by atoms with Gasteiger partial charge < -0.3 is 15.0 Å². The van der Waals surface area contributed by atoms with Gasteiger partial charge in [-0.3, -0.25) is 9.36 Å². The monoisotopic (exact) mass is 514 g/mol. The van der Waals surface area contributed by atoms with Gasteiger partial charge in [-0.25, -0.2) is 9.78 Å². The summed E-state index contributed by atoms with van der Waals surface area (Å²) in [7, 11) is 1.84. The fourth-order valence-electron chi connectivity index (χ4n) is 7.83. The maximum Gasteiger partial charge on any atom is 0.318 e. The first-order valence-corrected chi connectivity index (χ1v) is 14.2. The Morgan fingerprint density at radius 1 is 1.05 bits per heavy atom. The highest BCUT2D eigenvalue weighted by Gasteiger charge is 2.52. The Labute approximate surface area is 224 Å². The number of amides is 2. The minimum absolute atomic E-state index is 0.0700. The van der Waals surface area contributed by atoms with Gasteiger partial charge in [0.05, 0.1) is 29.2 Å². The molecule has 0 aliphatic heterocycles. The maximum absolute atomic E-state index is 13.8. The highest BCUT2D eigenvalue weighted by Crippen LogP contribution is 2.55. The third-order valence-corrected chi connectivity index (χ3v) is 9.09. The highest BCUT2D eigenvalue weighted by atomic mass is 16.5. The molecule has 4 bridgehead atoms. The lowest BCUT2D eigenvalue weighted by Gasteiger charge is -2.57. The molecule has 1 unspecified atom stereocenters. The highest BCUT2D eigenvalue weighted by molar-refractivity contribution is 5.78. The van der Waals surface area contributed by atoms with Crippen molar-refractivity contribution in [3.05, 3.63) is 64.7 Å². The molecular formula is C31H38N4O3. The molecule has 0 radical (unpaired) electrons. The van der Waals surface area contributed by atoms with Crippen LogP contribution in [0.3, 0.4) is 0 Å². The quantitative estimate of drug-likeness (QED) is 0.429. The van der Waals surface area contributed by atoms with Crippen LogP contribution in [0, 0.1) is 17.8 Å². The van der Waals surface area contributed by atoms with Crippen molar-refractivity contribution in [2.24, 2.45) is 17.8 Å². The number of carbonyl (C=O) groups excluding carboxylic acids is 1. The van der Waals surface area contributed by atoms with Gasteiger partial charge in [0.25, 0.3) is 5.56 Å². The topological polar surface area (TPSA) is 76.5 Å². The molecular weight excluding hydrogens is 476 g/mol. The minimum Gasteiger partial charge on any atom is -0.494 e. The SMILES string of the molecule is CCOc1ccc(-n2c(C(CC)N(C)C(=O)NC34CC5CC(CC(C5)C3)C4)nc3ccccc3c2=O)cc1. The minimum atomic E-state index is -0.368. The molecule has 0 saturated heterocycles. The number of benzene rings is 2. The van der Waals surface area contributed by atoms with Crippen molar-refractivity contribution in [3.63, 3.8) is 0 Å². The average Bonchev–Trinajstić information content (AvgIpc) is 2.89. The second-order valence-electron chi connectivity index (χ2n) is 11.7. The predicted molar refractivity (Wildman–Crippen MR) is 149 cm³/mol. The first-order chi connectivity index (χ1) is 18.4. The number of fused-ring (bicyclic) bond motifs is 1. The summed E-state index contributed by atoms with van der Waals surface area (Å²) in [5, 5.41) is 4.05. The smallest absolute Gasteiger partial charge is 0.318 e. The Balaban J connectivity index is 1.36. The van der Waals surface area contributed by atoms with E-state index in [-0.39, 0.29) is 23.2 Å². The van der Waals surface area contributed by atoms with E-state index in [0.717, 1.165) is 42.8 Å². The zero-order valence-corrected chi connectivity index (χ0v) is 22.7. The standard InChI is InChI=1S/C31H38N4O3/c1-4-27(34(3)30(37)33-31-17-20-14-21(18-31)16-22(15-20)19-31)28-32-26-9-7-6-8-25(26)29(36)35(28)23-10-12-24(13-11-23)38-5-2/h6-13,20-22,27H,4-5,14-19H2,1-3H3,(H,33,37). The summed E-state index contributed by atoms with van der Waals surface area (Å²) in [5.41, 5.74) is 1.13. The van der Waals surface area contributed by atoms with E-state index in [9.17, 15) is 9.59 Å². The Kier molecular flexibility index (Phi) is 6.40. The summed E-state index contributed by atoms with van der Waals surface area (Å²) in [6.45, 7) is 4.56. The van der Waals surface area contributed by atoms with Gasteiger partial charge in [0.1, 0.15) is 11.6 Å². The zero-order valence-electron chi connectivity index (χ0n) is 22.7. The summed E-state index contributed by atoms with van der Waals surface area (Å²) in [6.07, 6.45) is 7.92. The van der Waals surface area contributed by atoms with Crippen LogP contribution in [0.15, 0.2) is 53.3 Å². The van der Waals surface area contributed by atoms with Gasteiger partial charge in [-0.15, -0.1) is 0 Å². The average molecular weight is 515 g/mol. The Bertz CT molecular complexity index is 1360.